The van der Waals surface area contributed by atoms with E-state index in [2.05, 4.69) is 136 Å². The number of halogens is 1. The molecule has 2 aromatic heterocycles. The molecule has 0 unspecified atom stereocenters. The number of benzene rings is 8. The second-order valence-electron chi connectivity index (χ2n) is 16.5. The van der Waals surface area contributed by atoms with E-state index in [1.807, 2.05) is 78.9 Å². The Morgan fingerprint density at radius 1 is 0.387 bits per heavy atom. The van der Waals surface area contributed by atoms with Crippen molar-refractivity contribution in [2.45, 2.75) is 34.6 Å². The van der Waals surface area contributed by atoms with E-state index >= 15 is 4.39 Å². The molecule has 0 bridgehead atoms. The maximum atomic E-state index is 15.8. The first-order valence-corrected chi connectivity index (χ1v) is 21.2. The fourth-order valence-electron chi connectivity index (χ4n) is 7.85. The number of nitrogens with zero attached hydrogens (tertiary/aromatic N) is 4. The van der Waals surface area contributed by atoms with Crippen molar-refractivity contribution >= 4 is 21.8 Å². The second-order valence-corrected chi connectivity index (χ2v) is 16.5. The summed E-state index contributed by atoms with van der Waals surface area (Å²) in [6, 6.07) is 63.7. The van der Waals surface area contributed by atoms with Crippen molar-refractivity contribution < 1.29 is 4.39 Å². The Morgan fingerprint density at radius 3 is 1.31 bits per heavy atom. The van der Waals surface area contributed by atoms with Crippen molar-refractivity contribution in [2.75, 3.05) is 0 Å². The van der Waals surface area contributed by atoms with Gasteiger partial charge in [0.05, 0.1) is 11.0 Å². The van der Waals surface area contributed by atoms with E-state index in [0.29, 0.717) is 34.2 Å². The van der Waals surface area contributed by atoms with E-state index in [-0.39, 0.29) is 5.82 Å². The minimum absolute atomic E-state index is 0.318. The van der Waals surface area contributed by atoms with Gasteiger partial charge in [0, 0.05) is 38.7 Å². The van der Waals surface area contributed by atoms with Crippen LogP contribution >= 0.6 is 0 Å². The van der Waals surface area contributed by atoms with E-state index < -0.39 is 0 Å². The Morgan fingerprint density at radius 2 is 0.823 bits per heavy atom. The van der Waals surface area contributed by atoms with Crippen molar-refractivity contribution in [1.82, 2.24) is 19.5 Å². The molecule has 302 valence electrons. The van der Waals surface area contributed by atoms with Gasteiger partial charge in [-0.05, 0) is 90.0 Å². The molecule has 0 amide bonds. The van der Waals surface area contributed by atoms with Crippen LogP contribution in [-0.2, 0) is 0 Å². The van der Waals surface area contributed by atoms with Crippen LogP contribution in [0.2, 0.25) is 0 Å². The number of hydrogen-bond acceptors (Lipinski definition) is 3. The van der Waals surface area contributed by atoms with E-state index in [9.17, 15) is 0 Å². The average Bonchev–Trinajstić information content (AvgIpc) is 3.63. The van der Waals surface area contributed by atoms with Crippen molar-refractivity contribution in [3.63, 3.8) is 0 Å². The van der Waals surface area contributed by atoms with Crippen LogP contribution in [0.5, 0.6) is 0 Å². The first kappa shape index (κ1) is 39.9. The van der Waals surface area contributed by atoms with Crippen molar-refractivity contribution in [3.05, 3.63) is 205 Å². The molecule has 0 aliphatic carbocycles. The van der Waals surface area contributed by atoms with Gasteiger partial charge < -0.3 is 4.57 Å². The first-order chi connectivity index (χ1) is 30.2. The molecular weight excluding hydrogens is 760 g/mol. The molecule has 0 N–H and O–H groups in total. The fourth-order valence-corrected chi connectivity index (χ4v) is 7.85. The summed E-state index contributed by atoms with van der Waals surface area (Å²) in [6.45, 7) is 10.7. The summed E-state index contributed by atoms with van der Waals surface area (Å²) in [4.78, 5) is 15.2. The van der Waals surface area contributed by atoms with E-state index in [1.165, 1.54) is 17.2 Å². The molecule has 10 rings (SSSR count). The summed E-state index contributed by atoms with van der Waals surface area (Å²) in [5, 5.41) is 2.28. The lowest BCUT2D eigenvalue weighted by Crippen LogP contribution is -2.03. The quantitative estimate of drug-likeness (QED) is 0.161. The predicted molar refractivity (Wildman–Crippen MR) is 257 cm³/mol. The molecule has 0 spiro atoms. The average molecular weight is 807 g/mol. The summed E-state index contributed by atoms with van der Waals surface area (Å²) in [5.41, 5.74) is 13.7. The molecule has 0 aliphatic rings. The first-order valence-electron chi connectivity index (χ1n) is 21.2. The van der Waals surface area contributed by atoms with Gasteiger partial charge in [-0.3, -0.25) is 0 Å². The molecule has 0 radical (unpaired) electrons. The molecular formula is C57H47FN4. The van der Waals surface area contributed by atoms with E-state index in [0.717, 1.165) is 66.8 Å². The summed E-state index contributed by atoms with van der Waals surface area (Å²) >= 11 is 0. The summed E-state index contributed by atoms with van der Waals surface area (Å²) < 4.78 is 18.1. The molecule has 10 aromatic rings. The van der Waals surface area contributed by atoms with Crippen LogP contribution in [0.3, 0.4) is 0 Å². The Bertz CT molecular complexity index is 3010. The molecule has 2 heterocycles. The number of hydrogen-bond donors (Lipinski definition) is 0. The van der Waals surface area contributed by atoms with Crippen LogP contribution in [0, 0.1) is 25.6 Å². The van der Waals surface area contributed by atoms with Crippen LogP contribution in [0.1, 0.15) is 31.9 Å². The van der Waals surface area contributed by atoms with Gasteiger partial charge in [0.2, 0.25) is 0 Å². The normalized spacial score (nSPS) is 11.2. The van der Waals surface area contributed by atoms with Crippen molar-refractivity contribution in [1.29, 1.82) is 0 Å². The zero-order chi connectivity index (χ0) is 42.7. The molecule has 0 aliphatic heterocycles. The van der Waals surface area contributed by atoms with Gasteiger partial charge in [0.25, 0.3) is 0 Å². The van der Waals surface area contributed by atoms with E-state index in [1.54, 1.807) is 6.07 Å². The lowest BCUT2D eigenvalue weighted by atomic mass is 9.97. The maximum Gasteiger partial charge on any atom is 0.164 e. The third-order valence-electron chi connectivity index (χ3n) is 10.9. The van der Waals surface area contributed by atoms with Gasteiger partial charge in [-0.2, -0.15) is 0 Å². The number of aromatic nitrogens is 4. The van der Waals surface area contributed by atoms with Gasteiger partial charge in [0.15, 0.2) is 17.5 Å². The Hall–Kier alpha value is -7.50. The largest absolute Gasteiger partial charge is 0.309 e. The van der Waals surface area contributed by atoms with Gasteiger partial charge in [0.1, 0.15) is 5.82 Å². The SMILES string of the molecule is CC(C)C.Cc1ccc(-c2ccc3c(c2)c2cc(-c4ccc(C)cc4)ccc2n3-c2ccc(-c3ccccc3F)c(-c3nc(-c4ccccc4)nc(-c4ccccc4)n3)c2)cc1. The minimum Gasteiger partial charge on any atom is -0.309 e. The molecule has 62 heavy (non-hydrogen) atoms. The van der Waals surface area contributed by atoms with Crippen LogP contribution in [0.25, 0.3) is 95.0 Å². The third kappa shape index (κ3) is 8.18. The molecule has 0 saturated carbocycles. The Kier molecular flexibility index (Phi) is 11.1. The fraction of sp³-hybridized carbons (Fsp3) is 0.105. The molecule has 0 saturated heterocycles. The third-order valence-corrected chi connectivity index (χ3v) is 10.9. The number of aryl methyl sites for hydroxylation is 2. The van der Waals surface area contributed by atoms with Crippen LogP contribution < -0.4 is 0 Å². The highest BCUT2D eigenvalue weighted by molar-refractivity contribution is 6.11. The minimum atomic E-state index is -0.318. The highest BCUT2D eigenvalue weighted by atomic mass is 19.1. The molecule has 0 atom stereocenters. The summed E-state index contributed by atoms with van der Waals surface area (Å²) in [7, 11) is 0. The molecule has 0 fully saturated rings. The maximum absolute atomic E-state index is 15.8. The van der Waals surface area contributed by atoms with E-state index in [4.69, 9.17) is 15.0 Å². The zero-order valence-electron chi connectivity index (χ0n) is 35.6. The topological polar surface area (TPSA) is 43.6 Å². The lowest BCUT2D eigenvalue weighted by molar-refractivity contribution is 0.631. The van der Waals surface area contributed by atoms with Crippen LogP contribution in [0.15, 0.2) is 188 Å². The number of rotatable bonds is 7. The predicted octanol–water partition coefficient (Wildman–Crippen LogP) is 15.4. The lowest BCUT2D eigenvalue weighted by Gasteiger charge is -2.16. The van der Waals surface area contributed by atoms with Gasteiger partial charge in [-0.15, -0.1) is 0 Å². The Balaban J connectivity index is 0.00000118. The summed E-state index contributed by atoms with van der Waals surface area (Å²) in [5.74, 6) is 2.05. The monoisotopic (exact) mass is 806 g/mol. The highest BCUT2D eigenvalue weighted by Gasteiger charge is 2.21. The van der Waals surface area contributed by atoms with Crippen molar-refractivity contribution in [2.24, 2.45) is 5.92 Å². The van der Waals surface area contributed by atoms with Gasteiger partial charge >= 0.3 is 0 Å². The highest BCUT2D eigenvalue weighted by Crippen LogP contribution is 2.40. The molecule has 8 aromatic carbocycles. The van der Waals surface area contributed by atoms with Gasteiger partial charge in [-0.1, -0.05) is 177 Å². The van der Waals surface area contributed by atoms with Crippen LogP contribution in [0.4, 0.5) is 4.39 Å². The second kappa shape index (κ2) is 17.2. The molecule has 5 heteroatoms. The van der Waals surface area contributed by atoms with Crippen molar-refractivity contribution in [3.8, 4) is 73.2 Å². The standard InChI is InChI=1S/C53H37FN4.C4H10/c1-34-17-21-36(22-18-34)40-25-29-49-45(31-40)46-32-41(37-23-19-35(2)20-24-37)26-30-50(46)58(49)42-27-28-43(44-15-9-10-16-48(44)54)47(33-42)53-56-51(38-11-5-3-6-12-38)55-52(57-53)39-13-7-4-8-14-39;1-4(2)3/h3-33H,1-2H3;4H,1-3H3. The molecule has 4 nitrogen and oxygen atoms in total. The smallest absolute Gasteiger partial charge is 0.164 e. The zero-order valence-corrected chi connectivity index (χ0v) is 35.6. The summed E-state index contributed by atoms with van der Waals surface area (Å²) in [6.07, 6.45) is 0. The van der Waals surface area contributed by atoms with Gasteiger partial charge in [-0.25, -0.2) is 19.3 Å². The number of fused-ring (bicyclic) bond motifs is 3. The van der Waals surface area contributed by atoms with Crippen LogP contribution in [-0.4, -0.2) is 19.5 Å². The Labute approximate surface area is 363 Å².